The molecule has 230 valence electrons. The van der Waals surface area contributed by atoms with E-state index in [0.717, 1.165) is 17.7 Å². The number of aliphatic hydroxyl groups excluding tert-OH is 6. The number of phosphoric acid groups is 2. The van der Waals surface area contributed by atoms with E-state index in [-0.39, 0.29) is 12.1 Å². The molecule has 1 aliphatic heterocycles. The zero-order valence-electron chi connectivity index (χ0n) is 20.4. The number of nitrogens with two attached hydrogens (primary N) is 1. The molecule has 1 aromatic rings. The summed E-state index contributed by atoms with van der Waals surface area (Å²) in [6.07, 6.45) is -9.65. The predicted molar refractivity (Wildman–Crippen MR) is 127 cm³/mol. The number of nitrogen functional groups attached to an aromatic ring is 1. The van der Waals surface area contributed by atoms with Crippen molar-refractivity contribution in [3.63, 3.8) is 0 Å². The van der Waals surface area contributed by atoms with Crippen LogP contribution >= 0.6 is 15.6 Å². The van der Waals surface area contributed by atoms with Crippen molar-refractivity contribution in [2.24, 2.45) is 0 Å². The number of aliphatic hydroxyl groups is 6. The Labute approximate surface area is 224 Å². The monoisotopic (exact) mass is 624 g/mol. The van der Waals surface area contributed by atoms with Crippen molar-refractivity contribution in [3.8, 4) is 0 Å². The Morgan fingerprint density at radius 2 is 1.82 bits per heavy atom. The zero-order chi connectivity index (χ0) is 31.0. The first-order valence-corrected chi connectivity index (χ1v) is 13.8. The third-order valence-electron chi connectivity index (χ3n) is 4.89. The van der Waals surface area contributed by atoms with Gasteiger partial charge in [-0.25, -0.2) is 13.9 Å². The van der Waals surface area contributed by atoms with Crippen LogP contribution in [0.5, 0.6) is 0 Å². The molecule has 0 aromatic carbocycles. The van der Waals surface area contributed by atoms with E-state index < -0.39 is 89.3 Å². The largest absolute Gasteiger partial charge is 0.481 e. The number of phosphoric ester groups is 1. The molecule has 23 heteroatoms. The van der Waals surface area contributed by atoms with Gasteiger partial charge in [-0.2, -0.15) is 9.29 Å². The number of ether oxygens (including phenoxy) is 1. The van der Waals surface area contributed by atoms with Gasteiger partial charge >= 0.3 is 21.3 Å². The molecule has 1 aromatic heterocycles. The molecule has 1 fully saturated rings. The molecule has 1 aliphatic rings. The maximum absolute atomic E-state index is 11.7. The van der Waals surface area contributed by atoms with Gasteiger partial charge in [0.2, 0.25) is 5.91 Å². The number of rotatable bonds is 12. The lowest BCUT2D eigenvalue weighted by Crippen LogP contribution is -2.53. The van der Waals surface area contributed by atoms with E-state index in [1.165, 1.54) is 6.07 Å². The van der Waals surface area contributed by atoms with Gasteiger partial charge < -0.3 is 65.9 Å². The summed E-state index contributed by atoms with van der Waals surface area (Å²) in [5.41, 5.74) is 4.45. The summed E-state index contributed by atoms with van der Waals surface area (Å²) < 4.78 is 35.8. The van der Waals surface area contributed by atoms with Gasteiger partial charge in [-0.1, -0.05) is 0 Å². The highest BCUT2D eigenvalue weighted by Gasteiger charge is 2.45. The minimum atomic E-state index is -5.30. The fraction of sp³-hybridized carbons (Fsp3) is 0.647. The Bertz CT molecular complexity index is 1150. The van der Waals surface area contributed by atoms with Crippen LogP contribution in [-0.2, 0) is 32.3 Å². The highest BCUT2D eigenvalue weighted by Crippen LogP contribution is 2.57. The van der Waals surface area contributed by atoms with Gasteiger partial charge in [0.15, 0.2) is 6.23 Å². The van der Waals surface area contributed by atoms with Crippen LogP contribution in [0.2, 0.25) is 0 Å². The number of nitrogens with zero attached hydrogens (tertiary/aromatic N) is 2. The predicted octanol–water partition coefficient (Wildman–Crippen LogP) is -5.56. The van der Waals surface area contributed by atoms with Crippen molar-refractivity contribution in [1.29, 1.82) is 0 Å². The number of carbonyl (C=O) groups is 2. The number of carbonyl (C=O) groups excluding carboxylic acids is 2. The molecule has 40 heavy (non-hydrogen) atoms. The molecule has 1 saturated heterocycles. The number of nitrogens with one attached hydrogen (secondary N) is 1. The maximum atomic E-state index is 11.7. The van der Waals surface area contributed by atoms with Crippen molar-refractivity contribution in [3.05, 3.63) is 22.7 Å². The molecule has 21 nitrogen and oxygen atoms in total. The summed E-state index contributed by atoms with van der Waals surface area (Å²) in [6, 6.07) is -0.0811. The molecule has 0 aliphatic carbocycles. The van der Waals surface area contributed by atoms with Gasteiger partial charge in [-0.3, -0.25) is 13.9 Å². The Kier molecular flexibility index (Phi) is 13.6. The topological polar surface area (TPSA) is 351 Å². The van der Waals surface area contributed by atoms with E-state index in [1.54, 1.807) is 0 Å². The van der Waals surface area contributed by atoms with Crippen LogP contribution in [-0.4, -0.2) is 123 Å². The van der Waals surface area contributed by atoms with E-state index in [0.29, 0.717) is 0 Å². The SMILES string of the molecule is CC(=O)N[C@@H](C=O)[C@@H](O)[C@H](O)[C@H](O)CO.Nc1ccn([C@@H]2O[C@H](COP(=O)(O)OP(=O)(O)O)[C@@H](O)[C@H]2O)c(=O)n1. The molecule has 1 unspecified atom stereocenters. The number of aldehydes is 1. The molecule has 2 heterocycles. The van der Waals surface area contributed by atoms with Crippen molar-refractivity contribution >= 4 is 33.7 Å². The molecule has 0 saturated carbocycles. The van der Waals surface area contributed by atoms with Gasteiger partial charge in [0.25, 0.3) is 0 Å². The third-order valence-corrected chi connectivity index (χ3v) is 7.04. The van der Waals surface area contributed by atoms with Crippen molar-refractivity contribution < 1.29 is 77.6 Å². The minimum Gasteiger partial charge on any atom is -0.394 e. The first-order valence-electron chi connectivity index (χ1n) is 10.8. The fourth-order valence-electron chi connectivity index (χ4n) is 3.02. The lowest BCUT2D eigenvalue weighted by atomic mass is 10.0. The highest BCUT2D eigenvalue weighted by atomic mass is 31.3. The van der Waals surface area contributed by atoms with Gasteiger partial charge in [0.05, 0.1) is 13.2 Å². The van der Waals surface area contributed by atoms with Gasteiger partial charge in [0.1, 0.15) is 54.8 Å². The molecule has 0 radical (unpaired) electrons. The summed E-state index contributed by atoms with van der Waals surface area (Å²) in [4.78, 5) is 62.4. The van der Waals surface area contributed by atoms with E-state index in [1.807, 2.05) is 0 Å². The summed E-state index contributed by atoms with van der Waals surface area (Å²) in [7, 11) is -10.5. The first-order chi connectivity index (χ1) is 18.3. The lowest BCUT2D eigenvalue weighted by Gasteiger charge is -2.25. The Morgan fingerprint density at radius 1 is 1.23 bits per heavy atom. The Hall–Kier alpha value is -2.20. The second-order valence-electron chi connectivity index (χ2n) is 8.02. The molecule has 9 atom stereocenters. The van der Waals surface area contributed by atoms with E-state index in [4.69, 9.17) is 35.4 Å². The van der Waals surface area contributed by atoms with Gasteiger partial charge in [-0.15, -0.1) is 0 Å². The maximum Gasteiger partial charge on any atom is 0.481 e. The average Bonchev–Trinajstić information content (AvgIpc) is 3.12. The molecule has 0 bridgehead atoms. The second kappa shape index (κ2) is 15.1. The molecule has 1 amide bonds. The normalized spacial score (nSPS) is 25.4. The summed E-state index contributed by atoms with van der Waals surface area (Å²) in [5.74, 6) is -0.637. The molecular weight excluding hydrogens is 594 g/mol. The Morgan fingerprint density at radius 3 is 2.30 bits per heavy atom. The molecule has 0 spiro atoms. The smallest absolute Gasteiger partial charge is 0.394 e. The summed E-state index contributed by atoms with van der Waals surface area (Å²) >= 11 is 0. The van der Waals surface area contributed by atoms with Crippen LogP contribution in [0.1, 0.15) is 13.2 Å². The summed E-state index contributed by atoms with van der Waals surface area (Å²) in [6.45, 7) is -0.498. The molecule has 2 rings (SSSR count). The zero-order valence-corrected chi connectivity index (χ0v) is 22.2. The number of anilines is 1. The number of aromatic nitrogens is 2. The third kappa shape index (κ3) is 11.0. The van der Waals surface area contributed by atoms with Crippen molar-refractivity contribution in [2.45, 2.75) is 55.8 Å². The van der Waals surface area contributed by atoms with Crippen LogP contribution in [0.4, 0.5) is 5.82 Å². The quantitative estimate of drug-likeness (QED) is 0.0762. The van der Waals surface area contributed by atoms with Gasteiger partial charge in [-0.05, 0) is 6.07 Å². The standard InChI is InChI=1S/C9H15N3O11P2.C8H15NO6/c10-5-1-2-12(9(15)11-5)8-7(14)6(13)4(22-8)3-21-25(19,20)23-24(16,17)18;1-4(12)9-5(2-10)7(14)8(15)6(13)3-11/h1-2,4,6-8,13-14H,3H2,(H,19,20)(H2,10,11,15)(H2,16,17,18);2,5-8,11,13-15H,3H2,1H3,(H,9,12)/t4-,6-,7-,8-;5-,6+,7+,8+/m10/s1. The van der Waals surface area contributed by atoms with E-state index in [2.05, 4.69) is 19.1 Å². The van der Waals surface area contributed by atoms with Crippen LogP contribution < -0.4 is 16.7 Å². The van der Waals surface area contributed by atoms with Crippen molar-refractivity contribution in [1.82, 2.24) is 14.9 Å². The Balaban J connectivity index is 0.000000459. The van der Waals surface area contributed by atoms with Gasteiger partial charge in [0, 0.05) is 13.1 Å². The number of amides is 1. The van der Waals surface area contributed by atoms with Crippen molar-refractivity contribution in [2.75, 3.05) is 18.9 Å². The molecular formula is C17H30N4O17P2. The first kappa shape index (κ1) is 35.8. The second-order valence-corrected chi connectivity index (χ2v) is 10.8. The number of hydrogen-bond acceptors (Lipinski definition) is 16. The summed E-state index contributed by atoms with van der Waals surface area (Å²) in [5, 5.41) is 58.0. The van der Waals surface area contributed by atoms with Crippen LogP contribution in [0.15, 0.2) is 17.1 Å². The highest BCUT2D eigenvalue weighted by molar-refractivity contribution is 7.60. The minimum absolute atomic E-state index is 0.0787. The number of hydrogen-bond donors (Lipinski definition) is 11. The average molecular weight is 624 g/mol. The fourth-order valence-corrected chi connectivity index (χ4v) is 4.62. The van der Waals surface area contributed by atoms with Crippen LogP contribution in [0.25, 0.3) is 0 Å². The van der Waals surface area contributed by atoms with Crippen LogP contribution in [0.3, 0.4) is 0 Å². The van der Waals surface area contributed by atoms with E-state index >= 15 is 0 Å². The van der Waals surface area contributed by atoms with Crippen LogP contribution in [0, 0.1) is 0 Å². The lowest BCUT2D eigenvalue weighted by molar-refractivity contribution is -0.129. The molecule has 12 N–H and O–H groups in total. The van der Waals surface area contributed by atoms with E-state index in [9.17, 15) is 43.9 Å².